The van der Waals surface area contributed by atoms with Crippen LogP contribution >= 0.6 is 0 Å². The zero-order chi connectivity index (χ0) is 23.1. The first-order valence-electron chi connectivity index (χ1n) is 9.98. The van der Waals surface area contributed by atoms with E-state index < -0.39 is 17.9 Å². The summed E-state index contributed by atoms with van der Waals surface area (Å²) in [5.41, 5.74) is 7.83. The number of nitrogens with two attached hydrogens (primary N) is 1. The van der Waals surface area contributed by atoms with E-state index in [4.69, 9.17) is 5.73 Å². The summed E-state index contributed by atoms with van der Waals surface area (Å²) in [6, 6.07) is 17.7. The highest BCUT2D eigenvalue weighted by Crippen LogP contribution is 2.25. The van der Waals surface area contributed by atoms with Crippen LogP contribution < -0.4 is 16.4 Å². The number of halogens is 1. The number of benzene rings is 2. The number of carbonyl (C=O) groups excluding carboxylic acids is 2. The van der Waals surface area contributed by atoms with Crippen LogP contribution in [-0.4, -0.2) is 29.4 Å². The Morgan fingerprint density at radius 1 is 1.16 bits per heavy atom. The van der Waals surface area contributed by atoms with E-state index in [2.05, 4.69) is 21.7 Å². The van der Waals surface area contributed by atoms with Gasteiger partial charge in [-0.3, -0.25) is 9.59 Å². The lowest BCUT2D eigenvalue weighted by Crippen LogP contribution is -2.42. The zero-order valence-corrected chi connectivity index (χ0v) is 17.4. The molecular weight excluding hydrogens is 409 g/mol. The minimum absolute atomic E-state index is 0.218. The van der Waals surface area contributed by atoms with E-state index in [0.717, 1.165) is 5.56 Å². The first kappa shape index (κ1) is 22.4. The number of rotatable bonds is 8. The Hall–Kier alpha value is -4.25. The summed E-state index contributed by atoms with van der Waals surface area (Å²) in [4.78, 5) is 28.6. The van der Waals surface area contributed by atoms with Gasteiger partial charge in [0.15, 0.2) is 0 Å². The lowest BCUT2D eigenvalue weighted by atomic mass is 10.0. The fraction of sp³-hybridized carbons (Fsp3) is 0.167. The summed E-state index contributed by atoms with van der Waals surface area (Å²) >= 11 is 0. The molecule has 162 valence electrons. The van der Waals surface area contributed by atoms with Crippen molar-refractivity contribution in [1.29, 1.82) is 5.26 Å². The number of hydrogen-bond donors (Lipinski definition) is 3. The van der Waals surface area contributed by atoms with E-state index in [0.29, 0.717) is 29.8 Å². The Balaban J connectivity index is 1.90. The van der Waals surface area contributed by atoms with Crippen molar-refractivity contribution in [2.24, 2.45) is 5.73 Å². The molecule has 0 aliphatic rings. The zero-order valence-electron chi connectivity index (χ0n) is 17.4. The van der Waals surface area contributed by atoms with E-state index >= 15 is 0 Å². The number of nitriles is 1. The van der Waals surface area contributed by atoms with E-state index in [1.807, 2.05) is 0 Å². The Morgan fingerprint density at radius 2 is 1.94 bits per heavy atom. The van der Waals surface area contributed by atoms with Gasteiger partial charge in [0.2, 0.25) is 5.91 Å². The average molecular weight is 431 g/mol. The lowest BCUT2D eigenvalue weighted by Gasteiger charge is -2.15. The maximum atomic E-state index is 13.4. The number of pyridine rings is 1. The number of aromatic nitrogens is 1. The predicted octanol–water partition coefficient (Wildman–Crippen LogP) is 3.02. The maximum Gasteiger partial charge on any atom is 0.255 e. The first-order valence-corrected chi connectivity index (χ1v) is 9.98. The topological polar surface area (TPSA) is 121 Å². The van der Waals surface area contributed by atoms with E-state index in [-0.39, 0.29) is 17.2 Å². The quantitative estimate of drug-likeness (QED) is 0.506. The van der Waals surface area contributed by atoms with Gasteiger partial charge < -0.3 is 16.4 Å². The Labute approximate surface area is 185 Å². The molecule has 0 fully saturated rings. The number of hydrogen-bond acceptors (Lipinski definition) is 5. The van der Waals surface area contributed by atoms with Crippen LogP contribution in [0.2, 0.25) is 0 Å². The van der Waals surface area contributed by atoms with Crippen LogP contribution in [0.25, 0.3) is 11.3 Å². The molecule has 1 aromatic heterocycles. The molecule has 0 aliphatic heterocycles. The van der Waals surface area contributed by atoms with Crippen LogP contribution in [0, 0.1) is 17.1 Å². The van der Waals surface area contributed by atoms with Crippen molar-refractivity contribution in [1.82, 2.24) is 10.3 Å². The summed E-state index contributed by atoms with van der Waals surface area (Å²) in [6.45, 7) is 1.87. The second kappa shape index (κ2) is 10.2. The van der Waals surface area contributed by atoms with Crippen molar-refractivity contribution in [3.63, 3.8) is 0 Å². The minimum Gasteiger partial charge on any atom is -0.369 e. The predicted molar refractivity (Wildman–Crippen MR) is 119 cm³/mol. The molecule has 0 radical (unpaired) electrons. The van der Waals surface area contributed by atoms with Crippen molar-refractivity contribution in [2.75, 3.05) is 11.9 Å². The SMILES string of the molecule is CC(NC(=O)c1ccc(-c2ccccc2C#N)nc1NCCc1cccc(F)c1)C(N)=O. The lowest BCUT2D eigenvalue weighted by molar-refractivity contribution is -0.119. The fourth-order valence-electron chi connectivity index (χ4n) is 3.09. The molecule has 3 rings (SSSR count). The molecule has 0 spiro atoms. The molecule has 1 atom stereocenters. The van der Waals surface area contributed by atoms with Crippen LogP contribution in [0.15, 0.2) is 60.7 Å². The summed E-state index contributed by atoms with van der Waals surface area (Å²) in [5.74, 6) is -1.22. The number of primary amides is 1. The highest BCUT2D eigenvalue weighted by molar-refractivity contribution is 6.01. The van der Waals surface area contributed by atoms with Crippen molar-refractivity contribution >= 4 is 17.6 Å². The normalized spacial score (nSPS) is 11.3. The van der Waals surface area contributed by atoms with E-state index in [1.165, 1.54) is 19.1 Å². The molecule has 32 heavy (non-hydrogen) atoms. The summed E-state index contributed by atoms with van der Waals surface area (Å²) in [7, 11) is 0. The molecular formula is C24H22FN5O2. The van der Waals surface area contributed by atoms with Crippen LogP contribution in [0.3, 0.4) is 0 Å². The molecule has 0 saturated heterocycles. The van der Waals surface area contributed by atoms with Crippen molar-refractivity contribution in [3.05, 3.63) is 83.2 Å². The van der Waals surface area contributed by atoms with Gasteiger partial charge in [-0.1, -0.05) is 30.3 Å². The summed E-state index contributed by atoms with van der Waals surface area (Å²) in [6.07, 6.45) is 0.497. The van der Waals surface area contributed by atoms with Crippen LogP contribution in [0.4, 0.5) is 10.2 Å². The molecule has 4 N–H and O–H groups in total. The molecule has 7 nitrogen and oxygen atoms in total. The van der Waals surface area contributed by atoms with Crippen molar-refractivity contribution in [2.45, 2.75) is 19.4 Å². The second-order valence-corrected chi connectivity index (χ2v) is 7.15. The van der Waals surface area contributed by atoms with Crippen molar-refractivity contribution in [3.8, 4) is 17.3 Å². The average Bonchev–Trinajstić information content (AvgIpc) is 2.78. The number of amides is 2. The molecule has 0 bridgehead atoms. The molecule has 1 heterocycles. The number of anilines is 1. The molecule has 3 aromatic rings. The molecule has 0 aliphatic carbocycles. The van der Waals surface area contributed by atoms with Crippen LogP contribution in [0.5, 0.6) is 0 Å². The molecule has 2 aromatic carbocycles. The molecule has 1 unspecified atom stereocenters. The fourth-order valence-corrected chi connectivity index (χ4v) is 3.09. The third-order valence-corrected chi connectivity index (χ3v) is 4.83. The highest BCUT2D eigenvalue weighted by atomic mass is 19.1. The van der Waals surface area contributed by atoms with Gasteiger partial charge in [-0.2, -0.15) is 5.26 Å². The number of carbonyl (C=O) groups is 2. The molecule has 8 heteroatoms. The van der Waals surface area contributed by atoms with Gasteiger partial charge in [-0.05, 0) is 49.2 Å². The second-order valence-electron chi connectivity index (χ2n) is 7.15. The minimum atomic E-state index is -0.860. The third-order valence-electron chi connectivity index (χ3n) is 4.83. The van der Waals surface area contributed by atoms with Gasteiger partial charge in [0.25, 0.3) is 5.91 Å². The van der Waals surface area contributed by atoms with Gasteiger partial charge in [0, 0.05) is 12.1 Å². The highest BCUT2D eigenvalue weighted by Gasteiger charge is 2.19. The number of nitrogens with zero attached hydrogens (tertiary/aromatic N) is 2. The largest absolute Gasteiger partial charge is 0.369 e. The first-order chi connectivity index (χ1) is 15.4. The number of nitrogens with one attached hydrogen (secondary N) is 2. The van der Waals surface area contributed by atoms with Crippen LogP contribution in [0.1, 0.15) is 28.4 Å². The smallest absolute Gasteiger partial charge is 0.255 e. The Kier molecular flexibility index (Phi) is 7.13. The Bertz CT molecular complexity index is 1190. The third kappa shape index (κ3) is 5.46. The van der Waals surface area contributed by atoms with Crippen LogP contribution in [-0.2, 0) is 11.2 Å². The van der Waals surface area contributed by atoms with Gasteiger partial charge in [0.05, 0.1) is 22.9 Å². The standard InChI is InChI=1S/C24H22FN5O2/c1-15(22(27)31)29-24(32)20-9-10-21(19-8-3-2-6-17(19)14-26)30-23(20)28-12-11-16-5-4-7-18(25)13-16/h2-10,13,15H,11-12H2,1H3,(H2,27,31)(H,28,30)(H,29,32). The van der Waals surface area contributed by atoms with Gasteiger partial charge in [-0.25, -0.2) is 9.37 Å². The Morgan fingerprint density at radius 3 is 2.66 bits per heavy atom. The van der Waals surface area contributed by atoms with Crippen molar-refractivity contribution < 1.29 is 14.0 Å². The van der Waals surface area contributed by atoms with Gasteiger partial charge in [0.1, 0.15) is 17.7 Å². The molecule has 2 amide bonds. The van der Waals surface area contributed by atoms with E-state index in [9.17, 15) is 19.2 Å². The maximum absolute atomic E-state index is 13.4. The molecule has 0 saturated carbocycles. The summed E-state index contributed by atoms with van der Waals surface area (Å²) < 4.78 is 13.4. The van der Waals surface area contributed by atoms with Gasteiger partial charge in [-0.15, -0.1) is 0 Å². The summed E-state index contributed by atoms with van der Waals surface area (Å²) in [5, 5.41) is 15.1. The van der Waals surface area contributed by atoms with Gasteiger partial charge >= 0.3 is 0 Å². The van der Waals surface area contributed by atoms with E-state index in [1.54, 1.807) is 48.5 Å². The monoisotopic (exact) mass is 431 g/mol.